The average Bonchev–Trinajstić information content (AvgIpc) is 2.57. The maximum Gasteiger partial charge on any atom is 0.385 e. The molecule has 0 amide bonds. The van der Waals surface area contributed by atoms with Crippen LogP contribution in [0.4, 0.5) is 0 Å². The van der Waals surface area contributed by atoms with Gasteiger partial charge in [-0.2, -0.15) is 0 Å². The van der Waals surface area contributed by atoms with E-state index in [2.05, 4.69) is 0 Å². The lowest BCUT2D eigenvalue weighted by Gasteiger charge is -2.28. The second-order valence-corrected chi connectivity index (χ2v) is 5.38. The minimum Gasteiger partial charge on any atom is -0.461 e. The molecule has 5 heteroatoms. The molecule has 2 aromatic carbocycles. The third-order valence-corrected chi connectivity index (χ3v) is 3.90. The largest absolute Gasteiger partial charge is 0.461 e. The highest BCUT2D eigenvalue weighted by molar-refractivity contribution is 5.81. The highest BCUT2D eigenvalue weighted by Gasteiger charge is 2.55. The maximum absolute atomic E-state index is 12.4. The van der Waals surface area contributed by atoms with Crippen LogP contribution in [0, 0.1) is 10.1 Å². The minimum atomic E-state index is -1.90. The van der Waals surface area contributed by atoms with Crippen LogP contribution < -0.4 is 0 Å². The monoisotopic (exact) mass is 313 g/mol. The molecule has 0 fully saturated rings. The number of carbonyl (C=O) groups excluding carboxylic acids is 1. The molecule has 23 heavy (non-hydrogen) atoms. The van der Waals surface area contributed by atoms with E-state index < -0.39 is 22.3 Å². The molecule has 2 rings (SSSR count). The van der Waals surface area contributed by atoms with Crippen LogP contribution >= 0.6 is 0 Å². The van der Waals surface area contributed by atoms with E-state index in [0.717, 1.165) is 0 Å². The summed E-state index contributed by atoms with van der Waals surface area (Å²) in [5.41, 5.74) is -0.504. The Morgan fingerprint density at radius 3 is 1.87 bits per heavy atom. The zero-order valence-corrected chi connectivity index (χ0v) is 13.1. The van der Waals surface area contributed by atoms with Crippen molar-refractivity contribution in [3.63, 3.8) is 0 Å². The van der Waals surface area contributed by atoms with Gasteiger partial charge >= 0.3 is 11.5 Å². The molecule has 2 aromatic rings. The predicted octanol–water partition coefficient (Wildman–Crippen LogP) is 3.42. The second kappa shape index (κ2) is 7.05. The summed E-state index contributed by atoms with van der Waals surface area (Å²) in [6, 6.07) is 18.0. The van der Waals surface area contributed by atoms with Crippen LogP contribution in [0.15, 0.2) is 60.7 Å². The molecule has 0 saturated heterocycles. The number of esters is 1. The molecule has 5 nitrogen and oxygen atoms in total. The topological polar surface area (TPSA) is 69.4 Å². The molecule has 0 bridgehead atoms. The van der Waals surface area contributed by atoms with Crippen LogP contribution in [0.25, 0.3) is 0 Å². The fraction of sp³-hybridized carbons (Fsp3) is 0.278. The first-order valence-corrected chi connectivity index (χ1v) is 7.43. The summed E-state index contributed by atoms with van der Waals surface area (Å²) in [6.45, 7) is 3.06. The van der Waals surface area contributed by atoms with Crippen molar-refractivity contribution in [2.75, 3.05) is 6.61 Å². The van der Waals surface area contributed by atoms with Crippen molar-refractivity contribution in [3.05, 3.63) is 81.9 Å². The van der Waals surface area contributed by atoms with Gasteiger partial charge in [0, 0.05) is 11.8 Å². The number of nitro groups is 1. The van der Waals surface area contributed by atoms with Gasteiger partial charge in [0.15, 0.2) is 0 Å². The number of carbonyl (C=O) groups is 1. The Morgan fingerprint density at radius 2 is 1.52 bits per heavy atom. The summed E-state index contributed by atoms with van der Waals surface area (Å²) in [7, 11) is 0. The summed E-state index contributed by atoms with van der Waals surface area (Å²) in [6.07, 6.45) is 0. The lowest BCUT2D eigenvalue weighted by Crippen LogP contribution is -2.50. The van der Waals surface area contributed by atoms with E-state index >= 15 is 0 Å². The summed E-state index contributed by atoms with van der Waals surface area (Å²) in [5.74, 6) is -1.57. The van der Waals surface area contributed by atoms with Gasteiger partial charge in [0.25, 0.3) is 0 Å². The van der Waals surface area contributed by atoms with Crippen molar-refractivity contribution in [3.8, 4) is 0 Å². The summed E-state index contributed by atoms with van der Waals surface area (Å²) in [4.78, 5) is 23.7. The van der Waals surface area contributed by atoms with Crippen LogP contribution in [0.1, 0.15) is 30.9 Å². The van der Waals surface area contributed by atoms with E-state index in [1.165, 1.54) is 6.92 Å². The lowest BCUT2D eigenvalue weighted by molar-refractivity contribution is -0.553. The Balaban J connectivity index is 2.64. The highest BCUT2D eigenvalue weighted by atomic mass is 16.6. The number of hydrogen-bond donors (Lipinski definition) is 0. The normalized spacial score (nSPS) is 13.3. The SMILES string of the molecule is CCOC(=O)C(C)(C(c1ccccc1)c1ccccc1)[N+](=O)[O-]. The molecule has 0 aliphatic rings. The highest BCUT2D eigenvalue weighted by Crippen LogP contribution is 2.37. The quantitative estimate of drug-likeness (QED) is 0.465. The van der Waals surface area contributed by atoms with Crippen molar-refractivity contribution in [1.82, 2.24) is 0 Å². The fourth-order valence-electron chi connectivity index (χ4n) is 2.71. The van der Waals surface area contributed by atoms with E-state index in [9.17, 15) is 14.9 Å². The van der Waals surface area contributed by atoms with E-state index in [4.69, 9.17) is 4.74 Å². The Kier molecular flexibility index (Phi) is 5.11. The number of ether oxygens (including phenoxy) is 1. The Labute approximate surface area is 135 Å². The second-order valence-electron chi connectivity index (χ2n) is 5.38. The van der Waals surface area contributed by atoms with Gasteiger partial charge in [0.05, 0.1) is 12.5 Å². The van der Waals surface area contributed by atoms with Crippen LogP contribution in [0.5, 0.6) is 0 Å². The zero-order chi connectivity index (χ0) is 16.9. The predicted molar refractivity (Wildman–Crippen MR) is 86.8 cm³/mol. The molecular weight excluding hydrogens is 294 g/mol. The summed E-state index contributed by atoms with van der Waals surface area (Å²) >= 11 is 0. The molecular formula is C18H19NO4. The van der Waals surface area contributed by atoms with Gasteiger partial charge in [-0.05, 0) is 18.1 Å². The number of hydrogen-bond acceptors (Lipinski definition) is 4. The van der Waals surface area contributed by atoms with Crippen molar-refractivity contribution in [1.29, 1.82) is 0 Å². The van der Waals surface area contributed by atoms with Crippen molar-refractivity contribution < 1.29 is 14.5 Å². The molecule has 1 unspecified atom stereocenters. The van der Waals surface area contributed by atoms with Crippen molar-refractivity contribution in [2.45, 2.75) is 25.3 Å². The van der Waals surface area contributed by atoms with Gasteiger partial charge in [-0.3, -0.25) is 10.1 Å². The molecule has 0 saturated carbocycles. The molecule has 0 spiro atoms. The number of nitrogens with zero attached hydrogens (tertiary/aromatic N) is 1. The zero-order valence-electron chi connectivity index (χ0n) is 13.1. The van der Waals surface area contributed by atoms with Gasteiger partial charge in [-0.25, -0.2) is 4.79 Å². The first-order valence-electron chi connectivity index (χ1n) is 7.43. The average molecular weight is 313 g/mol. The van der Waals surface area contributed by atoms with Gasteiger partial charge < -0.3 is 4.74 Å². The molecule has 0 aliphatic carbocycles. The van der Waals surface area contributed by atoms with E-state index in [0.29, 0.717) is 11.1 Å². The van der Waals surface area contributed by atoms with E-state index in [-0.39, 0.29) is 6.61 Å². The molecule has 0 N–H and O–H groups in total. The maximum atomic E-state index is 12.4. The molecule has 120 valence electrons. The standard InChI is InChI=1S/C18H19NO4/c1-3-23-17(20)18(2,19(21)22)16(14-10-6-4-7-11-14)15-12-8-5-9-13-15/h4-13,16H,3H2,1-2H3. The summed E-state index contributed by atoms with van der Waals surface area (Å²) < 4.78 is 5.01. The first kappa shape index (κ1) is 16.7. The fourth-order valence-corrected chi connectivity index (χ4v) is 2.71. The van der Waals surface area contributed by atoms with Crippen LogP contribution in [0.3, 0.4) is 0 Å². The third-order valence-electron chi connectivity index (χ3n) is 3.90. The molecule has 0 aromatic heterocycles. The van der Waals surface area contributed by atoms with Crippen molar-refractivity contribution in [2.24, 2.45) is 0 Å². The van der Waals surface area contributed by atoms with Crippen LogP contribution in [-0.4, -0.2) is 23.0 Å². The number of benzene rings is 2. The summed E-state index contributed by atoms with van der Waals surface area (Å²) in [5, 5.41) is 11.8. The Morgan fingerprint density at radius 1 is 1.09 bits per heavy atom. The van der Waals surface area contributed by atoms with Gasteiger partial charge in [0.1, 0.15) is 0 Å². The smallest absolute Gasteiger partial charge is 0.385 e. The van der Waals surface area contributed by atoms with Crippen molar-refractivity contribution >= 4 is 5.97 Å². The van der Waals surface area contributed by atoms with E-state index in [1.54, 1.807) is 55.5 Å². The third kappa shape index (κ3) is 3.23. The van der Waals surface area contributed by atoms with E-state index in [1.807, 2.05) is 12.1 Å². The molecule has 0 aliphatic heterocycles. The molecule has 0 heterocycles. The first-order chi connectivity index (χ1) is 11.0. The molecule has 0 radical (unpaired) electrons. The minimum absolute atomic E-state index is 0.0958. The lowest BCUT2D eigenvalue weighted by atomic mass is 9.76. The van der Waals surface area contributed by atoms with Gasteiger partial charge in [-0.15, -0.1) is 0 Å². The van der Waals surface area contributed by atoms with Crippen LogP contribution in [-0.2, 0) is 9.53 Å². The molecule has 1 atom stereocenters. The Hall–Kier alpha value is -2.69. The van der Waals surface area contributed by atoms with Gasteiger partial charge in [0.2, 0.25) is 0 Å². The number of rotatable bonds is 6. The van der Waals surface area contributed by atoms with Gasteiger partial charge in [-0.1, -0.05) is 60.7 Å². The Bertz CT molecular complexity index is 632. The van der Waals surface area contributed by atoms with Crippen LogP contribution in [0.2, 0.25) is 0 Å².